The zero-order chi connectivity index (χ0) is 22.9. The van der Waals surface area contributed by atoms with Crippen LogP contribution in [-0.2, 0) is 9.59 Å². The number of hydrogen-bond donors (Lipinski definition) is 2. The summed E-state index contributed by atoms with van der Waals surface area (Å²) >= 11 is 1.59. The van der Waals surface area contributed by atoms with Crippen LogP contribution in [0.4, 0.5) is 4.39 Å². The van der Waals surface area contributed by atoms with E-state index in [0.29, 0.717) is 0 Å². The van der Waals surface area contributed by atoms with Crippen LogP contribution in [0.1, 0.15) is 51.4 Å². The number of rotatable bonds is 5. The number of thiazole rings is 1. The minimum atomic E-state index is -1.23. The number of alkyl halides is 1. The van der Waals surface area contributed by atoms with E-state index in [0.717, 1.165) is 21.7 Å². The topological polar surface area (TPSA) is 88.3 Å². The van der Waals surface area contributed by atoms with E-state index in [4.69, 9.17) is 5.73 Å². The van der Waals surface area contributed by atoms with Gasteiger partial charge in [0.15, 0.2) is 0 Å². The summed E-state index contributed by atoms with van der Waals surface area (Å²) in [6, 6.07) is 6.00. The molecular weight excluding hydrogens is 415 g/mol. The Bertz CT molecular complexity index is 938. The van der Waals surface area contributed by atoms with Gasteiger partial charge < -0.3 is 16.0 Å². The Hall–Kier alpha value is -2.32. The maximum atomic E-state index is 14.2. The third-order valence-corrected chi connectivity index (χ3v) is 6.79. The number of nitrogens with two attached hydrogens (primary N) is 1. The highest BCUT2D eigenvalue weighted by molar-refractivity contribution is 7.13. The molecule has 3 N–H and O–H groups in total. The molecule has 1 fully saturated rings. The Labute approximate surface area is 187 Å². The summed E-state index contributed by atoms with van der Waals surface area (Å²) in [6.07, 6.45) is -1.24. The van der Waals surface area contributed by atoms with Crippen molar-refractivity contribution in [2.75, 3.05) is 6.54 Å². The van der Waals surface area contributed by atoms with Crippen molar-refractivity contribution in [3.8, 4) is 10.4 Å². The first kappa shape index (κ1) is 23.3. The zero-order valence-corrected chi connectivity index (χ0v) is 19.5. The van der Waals surface area contributed by atoms with Crippen LogP contribution in [0.5, 0.6) is 0 Å². The Morgan fingerprint density at radius 3 is 2.48 bits per heavy atom. The molecule has 0 bridgehead atoms. The van der Waals surface area contributed by atoms with E-state index < -0.39 is 23.7 Å². The number of nitrogens with zero attached hydrogens (tertiary/aromatic N) is 2. The van der Waals surface area contributed by atoms with Gasteiger partial charge in [-0.25, -0.2) is 9.37 Å². The predicted octanol–water partition coefficient (Wildman–Crippen LogP) is 3.61. The fraction of sp³-hybridized carbons (Fsp3) is 0.522. The standard InChI is InChI=1S/C23H31FN4O2S/c1-13(15-6-8-16(9-7-15)19-14(2)26-12-31-19)27-21(29)18-10-17(24)11-28(18)22(30)20(25)23(3,4)5/h6-9,12-13,17-18,20H,10-11,25H2,1-5H3,(H,27,29)/t13-,17-,18-,20+/m0/s1. The van der Waals surface area contributed by atoms with Crippen molar-refractivity contribution in [1.82, 2.24) is 15.2 Å². The smallest absolute Gasteiger partial charge is 0.243 e. The number of halogens is 1. The van der Waals surface area contributed by atoms with E-state index in [1.807, 2.05) is 64.4 Å². The summed E-state index contributed by atoms with van der Waals surface area (Å²) in [5, 5.41) is 2.94. The first-order valence-corrected chi connectivity index (χ1v) is 11.4. The average Bonchev–Trinajstić information content (AvgIpc) is 3.31. The molecule has 0 radical (unpaired) electrons. The maximum Gasteiger partial charge on any atom is 0.243 e. The van der Waals surface area contributed by atoms with E-state index in [1.165, 1.54) is 4.90 Å². The predicted molar refractivity (Wildman–Crippen MR) is 121 cm³/mol. The molecule has 2 heterocycles. The van der Waals surface area contributed by atoms with Gasteiger partial charge in [-0.05, 0) is 30.4 Å². The molecule has 0 spiro atoms. The summed E-state index contributed by atoms with van der Waals surface area (Å²) in [6.45, 7) is 9.31. The third-order valence-electron chi connectivity index (χ3n) is 5.81. The lowest BCUT2D eigenvalue weighted by atomic mass is 9.86. The van der Waals surface area contributed by atoms with Crippen LogP contribution >= 0.6 is 11.3 Å². The van der Waals surface area contributed by atoms with Crippen molar-refractivity contribution in [3.63, 3.8) is 0 Å². The van der Waals surface area contributed by atoms with Gasteiger partial charge in [-0.3, -0.25) is 9.59 Å². The highest BCUT2D eigenvalue weighted by Gasteiger charge is 2.43. The van der Waals surface area contributed by atoms with Crippen molar-refractivity contribution in [2.45, 2.75) is 65.3 Å². The number of likely N-dealkylation sites (tertiary alicyclic amines) is 1. The largest absolute Gasteiger partial charge is 0.348 e. The summed E-state index contributed by atoms with van der Waals surface area (Å²) in [4.78, 5) is 32.5. The molecule has 8 heteroatoms. The molecule has 2 amide bonds. The third kappa shape index (κ3) is 5.13. The Balaban J connectivity index is 1.69. The molecule has 1 aliphatic heterocycles. The number of amides is 2. The van der Waals surface area contributed by atoms with E-state index in [2.05, 4.69) is 10.3 Å². The van der Waals surface area contributed by atoms with Gasteiger partial charge >= 0.3 is 0 Å². The molecule has 1 aliphatic rings. The average molecular weight is 447 g/mol. The minimum Gasteiger partial charge on any atom is -0.348 e. The molecule has 3 rings (SSSR count). The van der Waals surface area contributed by atoms with Crippen LogP contribution in [0, 0.1) is 12.3 Å². The van der Waals surface area contributed by atoms with Crippen molar-refractivity contribution < 1.29 is 14.0 Å². The molecule has 4 atom stereocenters. The SMILES string of the molecule is Cc1ncsc1-c1ccc([C@H](C)NC(=O)[C@@H]2C[C@H](F)CN2C(=O)[C@@H](N)C(C)(C)C)cc1. The van der Waals surface area contributed by atoms with Crippen molar-refractivity contribution >= 4 is 23.2 Å². The van der Waals surface area contributed by atoms with Crippen molar-refractivity contribution in [2.24, 2.45) is 11.1 Å². The van der Waals surface area contributed by atoms with Crippen molar-refractivity contribution in [3.05, 3.63) is 41.0 Å². The molecule has 31 heavy (non-hydrogen) atoms. The van der Waals surface area contributed by atoms with Gasteiger partial charge in [-0.15, -0.1) is 11.3 Å². The summed E-state index contributed by atoms with van der Waals surface area (Å²) in [5.41, 5.74) is 10.4. The second-order valence-corrected chi connectivity index (χ2v) is 10.2. The minimum absolute atomic E-state index is 0.00918. The zero-order valence-electron chi connectivity index (χ0n) is 18.7. The van der Waals surface area contributed by atoms with Gasteiger partial charge in [-0.2, -0.15) is 0 Å². The van der Waals surface area contributed by atoms with E-state index >= 15 is 0 Å². The molecule has 2 aromatic rings. The number of hydrogen-bond acceptors (Lipinski definition) is 5. The quantitative estimate of drug-likeness (QED) is 0.734. The second kappa shape index (κ2) is 9.04. The Morgan fingerprint density at radius 1 is 1.29 bits per heavy atom. The fourth-order valence-electron chi connectivity index (χ4n) is 3.72. The molecule has 168 valence electrons. The van der Waals surface area contributed by atoms with Gasteiger partial charge in [0.1, 0.15) is 12.2 Å². The van der Waals surface area contributed by atoms with E-state index in [9.17, 15) is 14.0 Å². The van der Waals surface area contributed by atoms with Crippen LogP contribution in [0.2, 0.25) is 0 Å². The Morgan fingerprint density at radius 2 is 1.94 bits per heavy atom. The van der Waals surface area contributed by atoms with E-state index in [-0.39, 0.29) is 30.8 Å². The number of aromatic nitrogens is 1. The highest BCUT2D eigenvalue weighted by atomic mass is 32.1. The van der Waals surface area contributed by atoms with Gasteiger partial charge in [0.2, 0.25) is 11.8 Å². The number of carbonyl (C=O) groups excluding carboxylic acids is 2. The molecule has 0 saturated carbocycles. The van der Waals surface area contributed by atoms with Crippen LogP contribution in [-0.4, -0.2) is 46.5 Å². The first-order valence-electron chi connectivity index (χ1n) is 10.5. The first-order chi connectivity index (χ1) is 14.5. The normalized spacial score (nSPS) is 21.1. The van der Waals surface area contributed by atoms with Crippen LogP contribution in [0.25, 0.3) is 10.4 Å². The Kier molecular flexibility index (Phi) is 6.81. The maximum absolute atomic E-state index is 14.2. The van der Waals surface area contributed by atoms with Gasteiger partial charge in [0.05, 0.1) is 34.7 Å². The highest BCUT2D eigenvalue weighted by Crippen LogP contribution is 2.29. The number of aryl methyl sites for hydroxylation is 1. The van der Waals surface area contributed by atoms with Gasteiger partial charge in [0.25, 0.3) is 0 Å². The molecule has 1 aromatic heterocycles. The van der Waals surface area contributed by atoms with Gasteiger partial charge in [0, 0.05) is 6.42 Å². The van der Waals surface area contributed by atoms with Crippen LogP contribution in [0.15, 0.2) is 29.8 Å². The lowest BCUT2D eigenvalue weighted by Gasteiger charge is -2.32. The molecule has 1 saturated heterocycles. The van der Waals surface area contributed by atoms with Crippen molar-refractivity contribution in [1.29, 1.82) is 0 Å². The lowest BCUT2D eigenvalue weighted by Crippen LogP contribution is -2.55. The molecular formula is C23H31FN4O2S. The number of nitrogens with one attached hydrogen (secondary N) is 1. The fourth-order valence-corrected chi connectivity index (χ4v) is 4.53. The number of benzene rings is 1. The summed E-state index contributed by atoms with van der Waals surface area (Å²) in [7, 11) is 0. The lowest BCUT2D eigenvalue weighted by molar-refractivity contribution is -0.141. The van der Waals surface area contributed by atoms with Gasteiger partial charge in [-0.1, -0.05) is 45.0 Å². The summed E-state index contributed by atoms with van der Waals surface area (Å²) < 4.78 is 14.2. The molecule has 6 nitrogen and oxygen atoms in total. The molecule has 0 aliphatic carbocycles. The number of carbonyl (C=O) groups is 2. The van der Waals surface area contributed by atoms with E-state index in [1.54, 1.807) is 11.3 Å². The molecule has 1 aromatic carbocycles. The monoisotopic (exact) mass is 446 g/mol. The molecule has 0 unspecified atom stereocenters. The summed E-state index contributed by atoms with van der Waals surface area (Å²) in [5.74, 6) is -0.741. The van der Waals surface area contributed by atoms with Crippen LogP contribution in [0.3, 0.4) is 0 Å². The van der Waals surface area contributed by atoms with Crippen LogP contribution < -0.4 is 11.1 Å². The second-order valence-electron chi connectivity index (χ2n) is 9.30.